The van der Waals surface area contributed by atoms with Gasteiger partial charge in [-0.2, -0.15) is 0 Å². The summed E-state index contributed by atoms with van der Waals surface area (Å²) in [6.45, 7) is 8.27. The Morgan fingerprint density at radius 2 is 1.96 bits per heavy atom. The van der Waals surface area contributed by atoms with Gasteiger partial charge in [0.15, 0.2) is 0 Å². The van der Waals surface area contributed by atoms with E-state index in [0.29, 0.717) is 6.54 Å². The summed E-state index contributed by atoms with van der Waals surface area (Å²) in [6.07, 6.45) is 4.77. The van der Waals surface area contributed by atoms with Crippen LogP contribution in [0.25, 0.3) is 0 Å². The molecule has 4 nitrogen and oxygen atoms in total. The number of carbonyl (C=O) groups excluding carboxylic acids is 1. The molecule has 1 amide bonds. The number of rotatable bonds is 5. The Hall–Kier alpha value is -1.39. The zero-order valence-corrected chi connectivity index (χ0v) is 15.1. The molecule has 0 aromatic heterocycles. The smallest absolute Gasteiger partial charge is 0.237 e. The maximum atomic E-state index is 12.8. The van der Waals surface area contributed by atoms with Gasteiger partial charge in [0.2, 0.25) is 5.91 Å². The van der Waals surface area contributed by atoms with Crippen molar-refractivity contribution in [1.82, 2.24) is 15.5 Å². The number of likely N-dealkylation sites (tertiary alicyclic amines) is 1. The van der Waals surface area contributed by atoms with Crippen LogP contribution in [0.3, 0.4) is 0 Å². The third-order valence-corrected chi connectivity index (χ3v) is 5.63. The summed E-state index contributed by atoms with van der Waals surface area (Å²) in [6, 6.07) is 10.8. The standard InChI is InChI=1S/C20H31N3O/c1-20(2)11-8-12-21-18(20)19(24)22-15-17(23-13-6-7-14-23)16-9-4-3-5-10-16/h3-5,9-10,17-18,21H,6-8,11-15H2,1-2H3,(H,22,24). The Bertz CT molecular complexity index is 537. The molecule has 132 valence electrons. The van der Waals surface area contributed by atoms with Crippen LogP contribution in [-0.2, 0) is 4.79 Å². The van der Waals surface area contributed by atoms with Crippen molar-refractivity contribution in [2.45, 2.75) is 51.6 Å². The summed E-state index contributed by atoms with van der Waals surface area (Å²) in [5.41, 5.74) is 1.33. The summed E-state index contributed by atoms with van der Waals surface area (Å²) in [5.74, 6) is 0.153. The fourth-order valence-corrected chi connectivity index (χ4v) is 4.14. The van der Waals surface area contributed by atoms with Gasteiger partial charge in [-0.15, -0.1) is 0 Å². The minimum atomic E-state index is -0.0822. The lowest BCUT2D eigenvalue weighted by Crippen LogP contribution is -2.56. The molecule has 0 saturated carbocycles. The zero-order chi connectivity index (χ0) is 17.0. The molecule has 1 aromatic rings. The molecular formula is C20H31N3O. The van der Waals surface area contributed by atoms with Gasteiger partial charge in [-0.25, -0.2) is 0 Å². The molecule has 2 saturated heterocycles. The van der Waals surface area contributed by atoms with Crippen LogP contribution in [0.1, 0.15) is 51.1 Å². The molecule has 2 heterocycles. The highest BCUT2D eigenvalue weighted by Gasteiger charge is 2.37. The molecule has 0 bridgehead atoms. The van der Waals surface area contributed by atoms with Gasteiger partial charge in [-0.3, -0.25) is 9.69 Å². The second-order valence-electron chi connectivity index (χ2n) is 7.89. The lowest BCUT2D eigenvalue weighted by Gasteiger charge is -2.38. The molecule has 24 heavy (non-hydrogen) atoms. The summed E-state index contributed by atoms with van der Waals surface area (Å²) in [7, 11) is 0. The third kappa shape index (κ3) is 3.98. The molecule has 2 atom stereocenters. The van der Waals surface area contributed by atoms with E-state index in [2.05, 4.69) is 59.7 Å². The fourth-order valence-electron chi connectivity index (χ4n) is 4.14. The van der Waals surface area contributed by atoms with Crippen LogP contribution in [0.2, 0.25) is 0 Å². The van der Waals surface area contributed by atoms with Gasteiger partial charge >= 0.3 is 0 Å². The van der Waals surface area contributed by atoms with Crippen LogP contribution < -0.4 is 10.6 Å². The van der Waals surface area contributed by atoms with E-state index in [0.717, 1.165) is 32.5 Å². The van der Waals surface area contributed by atoms with E-state index in [1.807, 2.05) is 0 Å². The lowest BCUT2D eigenvalue weighted by molar-refractivity contribution is -0.127. The van der Waals surface area contributed by atoms with Crippen LogP contribution in [0, 0.1) is 5.41 Å². The van der Waals surface area contributed by atoms with Gasteiger partial charge in [0.1, 0.15) is 0 Å². The number of carbonyl (C=O) groups is 1. The van der Waals surface area contributed by atoms with Gasteiger partial charge in [0.05, 0.1) is 12.1 Å². The predicted octanol–water partition coefficient (Wildman–Crippen LogP) is 2.72. The van der Waals surface area contributed by atoms with Crippen LogP contribution in [0.5, 0.6) is 0 Å². The largest absolute Gasteiger partial charge is 0.353 e. The summed E-state index contributed by atoms with van der Waals surface area (Å²) in [5, 5.41) is 6.66. The van der Waals surface area contributed by atoms with E-state index in [1.165, 1.54) is 18.4 Å². The maximum absolute atomic E-state index is 12.8. The average Bonchev–Trinajstić information content (AvgIpc) is 3.10. The third-order valence-electron chi connectivity index (χ3n) is 5.63. The van der Waals surface area contributed by atoms with E-state index in [4.69, 9.17) is 0 Å². The summed E-state index contributed by atoms with van der Waals surface area (Å²) in [4.78, 5) is 15.3. The van der Waals surface area contributed by atoms with Gasteiger partial charge in [0, 0.05) is 6.54 Å². The van der Waals surface area contributed by atoms with Gasteiger partial charge in [-0.1, -0.05) is 44.2 Å². The first kappa shape index (κ1) is 17.4. The molecule has 0 radical (unpaired) electrons. The lowest BCUT2D eigenvalue weighted by atomic mass is 9.77. The Kier molecular flexibility index (Phi) is 5.57. The number of hydrogen-bond acceptors (Lipinski definition) is 3. The molecule has 0 aliphatic carbocycles. The Labute approximate surface area is 146 Å². The zero-order valence-electron chi connectivity index (χ0n) is 15.1. The van der Waals surface area contributed by atoms with Crippen molar-refractivity contribution in [1.29, 1.82) is 0 Å². The molecule has 1 aromatic carbocycles. The van der Waals surface area contributed by atoms with E-state index in [9.17, 15) is 4.79 Å². The molecule has 2 N–H and O–H groups in total. The van der Waals surface area contributed by atoms with E-state index in [1.54, 1.807) is 0 Å². The molecule has 2 aliphatic heterocycles. The number of hydrogen-bond donors (Lipinski definition) is 2. The average molecular weight is 329 g/mol. The quantitative estimate of drug-likeness (QED) is 0.873. The monoisotopic (exact) mass is 329 g/mol. The molecule has 4 heteroatoms. The first-order chi connectivity index (χ1) is 11.6. The highest BCUT2D eigenvalue weighted by Crippen LogP contribution is 2.30. The van der Waals surface area contributed by atoms with Crippen LogP contribution >= 0.6 is 0 Å². The first-order valence-electron chi connectivity index (χ1n) is 9.38. The maximum Gasteiger partial charge on any atom is 0.237 e. The van der Waals surface area contributed by atoms with Crippen molar-refractivity contribution in [2.75, 3.05) is 26.2 Å². The molecule has 2 unspecified atom stereocenters. The van der Waals surface area contributed by atoms with Crippen LogP contribution in [0.4, 0.5) is 0 Å². The summed E-state index contributed by atoms with van der Waals surface area (Å²) >= 11 is 0. The van der Waals surface area contributed by atoms with Crippen LogP contribution in [0.15, 0.2) is 30.3 Å². The molecule has 2 aliphatic rings. The number of nitrogens with zero attached hydrogens (tertiary/aromatic N) is 1. The molecule has 2 fully saturated rings. The Morgan fingerprint density at radius 3 is 2.62 bits per heavy atom. The van der Waals surface area contributed by atoms with Crippen LogP contribution in [-0.4, -0.2) is 43.0 Å². The second kappa shape index (κ2) is 7.66. The van der Waals surface area contributed by atoms with Crippen molar-refractivity contribution in [3.63, 3.8) is 0 Å². The Morgan fingerprint density at radius 1 is 1.25 bits per heavy atom. The molecule has 3 rings (SSSR count). The number of nitrogens with one attached hydrogen (secondary N) is 2. The van der Waals surface area contributed by atoms with E-state index in [-0.39, 0.29) is 23.4 Å². The van der Waals surface area contributed by atoms with Gasteiger partial charge in [-0.05, 0) is 56.3 Å². The topological polar surface area (TPSA) is 44.4 Å². The summed E-state index contributed by atoms with van der Waals surface area (Å²) < 4.78 is 0. The van der Waals surface area contributed by atoms with E-state index < -0.39 is 0 Å². The minimum Gasteiger partial charge on any atom is -0.353 e. The molecule has 0 spiro atoms. The predicted molar refractivity (Wildman–Crippen MR) is 97.8 cm³/mol. The normalized spacial score (nSPS) is 25.3. The van der Waals surface area contributed by atoms with Crippen molar-refractivity contribution in [2.24, 2.45) is 5.41 Å². The highest BCUT2D eigenvalue weighted by molar-refractivity contribution is 5.82. The van der Waals surface area contributed by atoms with Crippen molar-refractivity contribution in [3.05, 3.63) is 35.9 Å². The van der Waals surface area contributed by atoms with Crippen molar-refractivity contribution < 1.29 is 4.79 Å². The van der Waals surface area contributed by atoms with E-state index >= 15 is 0 Å². The van der Waals surface area contributed by atoms with Crippen molar-refractivity contribution >= 4 is 5.91 Å². The minimum absolute atomic E-state index is 0.0260. The number of piperidine rings is 1. The Balaban J connectivity index is 1.66. The first-order valence-corrected chi connectivity index (χ1v) is 9.38. The second-order valence-corrected chi connectivity index (χ2v) is 7.89. The van der Waals surface area contributed by atoms with Gasteiger partial charge in [0.25, 0.3) is 0 Å². The molecular weight excluding hydrogens is 298 g/mol. The SMILES string of the molecule is CC1(C)CCCNC1C(=O)NCC(c1ccccc1)N1CCCC1. The fraction of sp³-hybridized carbons (Fsp3) is 0.650. The number of amides is 1. The van der Waals surface area contributed by atoms with Crippen molar-refractivity contribution in [3.8, 4) is 0 Å². The highest BCUT2D eigenvalue weighted by atomic mass is 16.2. The number of benzene rings is 1. The van der Waals surface area contributed by atoms with Gasteiger partial charge < -0.3 is 10.6 Å².